The highest BCUT2D eigenvalue weighted by Gasteiger charge is 2.43. The fourth-order valence-corrected chi connectivity index (χ4v) is 4.79. The summed E-state index contributed by atoms with van der Waals surface area (Å²) in [7, 11) is -3.81. The molecule has 3 rings (SSSR count). The van der Waals surface area contributed by atoms with E-state index in [1.807, 2.05) is 13.8 Å². The van der Waals surface area contributed by atoms with Crippen LogP contribution in [-0.4, -0.2) is 30.3 Å². The number of nitro benzene ring substituents is 1. The monoisotopic (exact) mass is 376 g/mol. The Hall–Kier alpha value is -2.29. The first-order chi connectivity index (χ1) is 12.3. The van der Waals surface area contributed by atoms with Gasteiger partial charge in [-0.05, 0) is 25.5 Å². The Morgan fingerprint density at radius 1 is 1.23 bits per heavy atom. The number of hydrogen-bond acceptors (Lipinski definition) is 5. The molecule has 1 heterocycles. The van der Waals surface area contributed by atoms with Gasteiger partial charge in [0, 0.05) is 17.7 Å². The van der Waals surface area contributed by atoms with Gasteiger partial charge in [0.1, 0.15) is 0 Å². The number of non-ortho nitro benzene ring substituents is 1. The van der Waals surface area contributed by atoms with Gasteiger partial charge in [0.05, 0.1) is 22.5 Å². The minimum Gasteiger partial charge on any atom is -0.356 e. The number of aryl methyl sites for hydroxylation is 1. The molecule has 0 amide bonds. The quantitative estimate of drug-likeness (QED) is 0.589. The highest BCUT2D eigenvalue weighted by molar-refractivity contribution is 7.89. The summed E-state index contributed by atoms with van der Waals surface area (Å²) in [6.45, 7) is 4.02. The van der Waals surface area contributed by atoms with Gasteiger partial charge in [-0.2, -0.15) is 4.31 Å². The zero-order chi connectivity index (χ0) is 18.9. The van der Waals surface area contributed by atoms with Crippen molar-refractivity contribution >= 4 is 15.7 Å². The number of nitro groups is 1. The molecule has 0 N–H and O–H groups in total. The van der Waals surface area contributed by atoms with Gasteiger partial charge in [-0.25, -0.2) is 8.42 Å². The Bertz CT molecular complexity index is 911. The van der Waals surface area contributed by atoms with Gasteiger partial charge in [-0.15, -0.1) is 0 Å². The van der Waals surface area contributed by atoms with Gasteiger partial charge < -0.3 is 4.74 Å². The molecule has 1 aliphatic heterocycles. The van der Waals surface area contributed by atoms with E-state index in [0.717, 1.165) is 5.56 Å². The molecule has 1 saturated heterocycles. The van der Waals surface area contributed by atoms with E-state index in [9.17, 15) is 18.5 Å². The van der Waals surface area contributed by atoms with Crippen molar-refractivity contribution in [2.75, 3.05) is 6.61 Å². The highest BCUT2D eigenvalue weighted by Crippen LogP contribution is 2.38. The van der Waals surface area contributed by atoms with E-state index in [-0.39, 0.29) is 23.2 Å². The largest absolute Gasteiger partial charge is 0.356 e. The smallest absolute Gasteiger partial charge is 0.269 e. The van der Waals surface area contributed by atoms with Crippen molar-refractivity contribution < 1.29 is 18.1 Å². The summed E-state index contributed by atoms with van der Waals surface area (Å²) in [4.78, 5) is 10.7. The summed E-state index contributed by atoms with van der Waals surface area (Å²) in [5.74, 6) is 0. The Labute approximate surface area is 152 Å². The molecule has 26 heavy (non-hydrogen) atoms. The molecule has 0 spiro atoms. The van der Waals surface area contributed by atoms with Crippen LogP contribution in [0.1, 0.15) is 30.7 Å². The third-order valence-corrected chi connectivity index (χ3v) is 6.38. The number of benzene rings is 2. The summed E-state index contributed by atoms with van der Waals surface area (Å²) in [6.07, 6.45) is -0.303. The van der Waals surface area contributed by atoms with Crippen LogP contribution in [0.25, 0.3) is 0 Å². The maximum Gasteiger partial charge on any atom is 0.269 e. The molecule has 0 aliphatic carbocycles. The molecule has 0 saturated carbocycles. The first kappa shape index (κ1) is 18.5. The van der Waals surface area contributed by atoms with Crippen molar-refractivity contribution in [3.05, 3.63) is 69.8 Å². The minimum absolute atomic E-state index is 0.0984. The maximum absolute atomic E-state index is 13.2. The third-order valence-electron chi connectivity index (χ3n) is 4.47. The summed E-state index contributed by atoms with van der Waals surface area (Å²) in [6, 6.07) is 12.2. The van der Waals surface area contributed by atoms with Crippen molar-refractivity contribution in [3.63, 3.8) is 0 Å². The zero-order valence-corrected chi connectivity index (χ0v) is 15.3. The number of hydrogen-bond donors (Lipinski definition) is 0. The molecular weight excluding hydrogens is 356 g/mol. The first-order valence-electron chi connectivity index (χ1n) is 8.30. The topological polar surface area (TPSA) is 89.8 Å². The van der Waals surface area contributed by atoms with E-state index in [4.69, 9.17) is 4.74 Å². The molecule has 0 radical (unpaired) electrons. The second kappa shape index (κ2) is 7.14. The standard InChI is InChI=1S/C18H20N2O5S/c1-3-15-12-25-18(14-5-4-6-16(11-14)20(21)22)19(15)26(23,24)17-9-7-13(2)8-10-17/h4-11,15,18H,3,12H2,1-2H3/t15-,18-/m1/s1. The van der Waals surface area contributed by atoms with Crippen molar-refractivity contribution in [3.8, 4) is 0 Å². The summed E-state index contributed by atoms with van der Waals surface area (Å²) < 4.78 is 33.5. The molecule has 138 valence electrons. The van der Waals surface area contributed by atoms with Crippen LogP contribution in [0.5, 0.6) is 0 Å². The van der Waals surface area contributed by atoms with Gasteiger partial charge >= 0.3 is 0 Å². The zero-order valence-electron chi connectivity index (χ0n) is 14.5. The van der Waals surface area contributed by atoms with Crippen LogP contribution in [0, 0.1) is 17.0 Å². The SMILES string of the molecule is CC[C@@H]1CO[C@H](c2cccc([N+](=O)[O-])c2)N1S(=O)(=O)c1ccc(C)cc1. The molecular formula is C18H20N2O5S. The lowest BCUT2D eigenvalue weighted by Crippen LogP contribution is -2.38. The van der Waals surface area contributed by atoms with E-state index < -0.39 is 21.2 Å². The molecule has 8 heteroatoms. The lowest BCUT2D eigenvalue weighted by molar-refractivity contribution is -0.385. The Morgan fingerprint density at radius 2 is 1.92 bits per heavy atom. The lowest BCUT2D eigenvalue weighted by Gasteiger charge is -2.27. The van der Waals surface area contributed by atoms with E-state index >= 15 is 0 Å². The molecule has 0 unspecified atom stereocenters. The van der Waals surface area contributed by atoms with Gasteiger partial charge in [0.25, 0.3) is 5.69 Å². The molecule has 2 aromatic carbocycles. The molecule has 0 bridgehead atoms. The number of ether oxygens (including phenoxy) is 1. The number of nitrogens with zero attached hydrogens (tertiary/aromatic N) is 2. The van der Waals surface area contributed by atoms with Crippen LogP contribution < -0.4 is 0 Å². The van der Waals surface area contributed by atoms with Crippen LogP contribution in [-0.2, 0) is 14.8 Å². The fraction of sp³-hybridized carbons (Fsp3) is 0.333. The average molecular weight is 376 g/mol. The van der Waals surface area contributed by atoms with Gasteiger partial charge in [0.15, 0.2) is 6.23 Å². The van der Waals surface area contributed by atoms with Gasteiger partial charge in [0.2, 0.25) is 10.0 Å². The van der Waals surface area contributed by atoms with Crippen molar-refractivity contribution in [1.82, 2.24) is 4.31 Å². The van der Waals surface area contributed by atoms with Gasteiger partial charge in [-0.3, -0.25) is 10.1 Å². The predicted molar refractivity (Wildman–Crippen MR) is 96.1 cm³/mol. The van der Waals surface area contributed by atoms with Crippen LogP contribution in [0.15, 0.2) is 53.4 Å². The second-order valence-electron chi connectivity index (χ2n) is 6.25. The number of rotatable bonds is 5. The summed E-state index contributed by atoms with van der Waals surface area (Å²) in [5, 5.41) is 11.1. The molecule has 1 aliphatic rings. The summed E-state index contributed by atoms with van der Waals surface area (Å²) >= 11 is 0. The lowest BCUT2D eigenvalue weighted by atomic mass is 10.1. The fourth-order valence-electron chi connectivity index (χ4n) is 3.03. The van der Waals surface area contributed by atoms with Crippen LogP contribution in [0.2, 0.25) is 0 Å². The molecule has 2 aromatic rings. The third kappa shape index (κ3) is 3.35. The predicted octanol–water partition coefficient (Wildman–Crippen LogP) is 3.40. The summed E-state index contributed by atoms with van der Waals surface area (Å²) in [5.41, 5.74) is 1.31. The highest BCUT2D eigenvalue weighted by atomic mass is 32.2. The normalized spacial score (nSPS) is 21.0. The van der Waals surface area contributed by atoms with Gasteiger partial charge in [-0.1, -0.05) is 36.8 Å². The molecule has 7 nitrogen and oxygen atoms in total. The van der Waals surface area contributed by atoms with Crippen LogP contribution >= 0.6 is 0 Å². The van der Waals surface area contributed by atoms with Crippen molar-refractivity contribution in [1.29, 1.82) is 0 Å². The first-order valence-corrected chi connectivity index (χ1v) is 9.74. The minimum atomic E-state index is -3.81. The second-order valence-corrected chi connectivity index (χ2v) is 8.09. The average Bonchev–Trinajstić information content (AvgIpc) is 3.07. The maximum atomic E-state index is 13.2. The number of sulfonamides is 1. The van der Waals surface area contributed by atoms with Crippen LogP contribution in [0.4, 0.5) is 5.69 Å². The Balaban J connectivity index is 2.05. The Morgan fingerprint density at radius 3 is 2.54 bits per heavy atom. The van der Waals surface area contributed by atoms with Crippen LogP contribution in [0.3, 0.4) is 0 Å². The molecule has 1 fully saturated rings. The van der Waals surface area contributed by atoms with Crippen molar-refractivity contribution in [2.45, 2.75) is 37.4 Å². The van der Waals surface area contributed by atoms with E-state index in [1.54, 1.807) is 30.3 Å². The Kier molecular flexibility index (Phi) is 5.08. The molecule has 0 aromatic heterocycles. The van der Waals surface area contributed by atoms with E-state index in [1.165, 1.54) is 22.5 Å². The van der Waals surface area contributed by atoms with E-state index in [0.29, 0.717) is 12.0 Å². The van der Waals surface area contributed by atoms with Crippen molar-refractivity contribution in [2.24, 2.45) is 0 Å². The molecule has 2 atom stereocenters. The van der Waals surface area contributed by atoms with E-state index in [2.05, 4.69) is 0 Å².